The summed E-state index contributed by atoms with van der Waals surface area (Å²) >= 11 is 0. The zero-order valence-electron chi connectivity index (χ0n) is 19.1. The number of likely N-dealkylation sites (tertiary alicyclic amines) is 1. The van der Waals surface area contributed by atoms with E-state index in [0.717, 1.165) is 0 Å². The Balaban J connectivity index is 1.51. The van der Waals surface area contributed by atoms with Crippen LogP contribution >= 0.6 is 0 Å². The number of hydrogen-bond acceptors (Lipinski definition) is 4. The zero-order valence-corrected chi connectivity index (χ0v) is 19.1. The summed E-state index contributed by atoms with van der Waals surface area (Å²) in [6.07, 6.45) is -0.866. The Kier molecular flexibility index (Phi) is 4.31. The first-order chi connectivity index (χ1) is 14.8. The molecule has 174 valence electrons. The monoisotopic (exact) mass is 448 g/mol. The van der Waals surface area contributed by atoms with E-state index in [1.54, 1.807) is 23.7 Å². The molecule has 2 aromatic rings. The first kappa shape index (κ1) is 21.6. The van der Waals surface area contributed by atoms with Crippen LogP contribution in [0.5, 0.6) is 0 Å². The van der Waals surface area contributed by atoms with Gasteiger partial charge in [0.25, 0.3) is 11.8 Å². The number of carbonyl (C=O) groups is 1. The highest BCUT2D eigenvalue weighted by Crippen LogP contribution is 2.78. The van der Waals surface area contributed by atoms with Gasteiger partial charge in [0.05, 0.1) is 16.6 Å². The molecule has 0 spiro atoms. The molecular weight excluding hydrogens is 418 g/mol. The molecule has 1 aliphatic heterocycles. The van der Waals surface area contributed by atoms with Crippen LogP contribution in [0.1, 0.15) is 39.8 Å². The molecule has 0 radical (unpaired) electrons. The van der Waals surface area contributed by atoms with E-state index in [-0.39, 0.29) is 35.9 Å². The van der Waals surface area contributed by atoms with Crippen LogP contribution in [0.4, 0.5) is 8.78 Å². The van der Waals surface area contributed by atoms with E-state index in [4.69, 9.17) is 0 Å². The second-order valence-corrected chi connectivity index (χ2v) is 11.1. The molecule has 3 heterocycles. The molecule has 7 nitrogen and oxygen atoms in total. The number of fused-ring (bicyclic) bond motifs is 4. The average molecular weight is 449 g/mol. The fourth-order valence-corrected chi connectivity index (χ4v) is 6.31. The molecule has 0 bridgehead atoms. The Labute approximate surface area is 185 Å². The molecule has 5 atom stereocenters. The van der Waals surface area contributed by atoms with Gasteiger partial charge in [-0.3, -0.25) is 13.9 Å². The van der Waals surface area contributed by atoms with Crippen molar-refractivity contribution in [1.82, 2.24) is 19.0 Å². The third kappa shape index (κ3) is 2.69. The molecule has 1 saturated heterocycles. The Morgan fingerprint density at radius 2 is 2.00 bits per heavy atom. The van der Waals surface area contributed by atoms with Crippen molar-refractivity contribution in [1.29, 1.82) is 0 Å². The summed E-state index contributed by atoms with van der Waals surface area (Å²) in [5.41, 5.74) is -0.241. The smallest absolute Gasteiger partial charge is 0.330 e. The first-order valence-corrected chi connectivity index (χ1v) is 11.2. The predicted octanol–water partition coefficient (Wildman–Crippen LogP) is 2.14. The fourth-order valence-electron chi connectivity index (χ4n) is 6.31. The van der Waals surface area contributed by atoms with Crippen LogP contribution in [0.15, 0.2) is 16.9 Å². The second-order valence-electron chi connectivity index (χ2n) is 11.1. The molecule has 0 aromatic carbocycles. The van der Waals surface area contributed by atoms with Crippen LogP contribution in [-0.4, -0.2) is 55.1 Å². The number of carbonyl (C=O) groups excluding carboxylic acids is 1. The molecule has 9 heteroatoms. The highest BCUT2D eigenvalue weighted by molar-refractivity contribution is 5.80. The number of nitrogens with zero attached hydrogens (tertiary/aromatic N) is 4. The summed E-state index contributed by atoms with van der Waals surface area (Å²) < 4.78 is 33.6. The van der Waals surface area contributed by atoms with E-state index in [9.17, 15) is 14.7 Å². The van der Waals surface area contributed by atoms with Crippen molar-refractivity contribution in [2.75, 3.05) is 13.1 Å². The van der Waals surface area contributed by atoms with Crippen molar-refractivity contribution in [2.45, 2.75) is 58.1 Å². The van der Waals surface area contributed by atoms with Gasteiger partial charge in [-0.25, -0.2) is 18.6 Å². The normalized spacial score (nSPS) is 31.6. The number of aryl methyl sites for hydroxylation is 1. The molecule has 5 rings (SSSR count). The van der Waals surface area contributed by atoms with Gasteiger partial charge < -0.3 is 10.0 Å². The number of aliphatic hydroxyl groups is 1. The van der Waals surface area contributed by atoms with E-state index >= 15 is 8.78 Å². The molecule has 2 aliphatic carbocycles. The molecule has 2 saturated carbocycles. The van der Waals surface area contributed by atoms with E-state index < -0.39 is 29.3 Å². The summed E-state index contributed by atoms with van der Waals surface area (Å²) in [6, 6.07) is 3.41. The van der Waals surface area contributed by atoms with Gasteiger partial charge in [-0.2, -0.15) is 0 Å². The van der Waals surface area contributed by atoms with Crippen LogP contribution in [0, 0.1) is 23.2 Å². The number of alkyl halides is 2. The van der Waals surface area contributed by atoms with Gasteiger partial charge in [-0.15, -0.1) is 0 Å². The van der Waals surface area contributed by atoms with Gasteiger partial charge in [0.2, 0.25) is 0 Å². The topological polar surface area (TPSA) is 80.4 Å². The number of pyridine rings is 1. The molecule has 2 aromatic heterocycles. The minimum atomic E-state index is -2.90. The summed E-state index contributed by atoms with van der Waals surface area (Å²) in [5.74, 6) is -4.51. The minimum Gasteiger partial charge on any atom is -0.384 e. The Morgan fingerprint density at radius 3 is 2.62 bits per heavy atom. The SMILES string of the molecule is CC(O)C(=O)N1CC2CC3(c4ccc5c(n4)n(C)c(=O)n5CC(C)(C)C)C(C2C1)C3(F)F. The Morgan fingerprint density at radius 1 is 1.31 bits per heavy atom. The van der Waals surface area contributed by atoms with Crippen molar-refractivity contribution in [3.05, 3.63) is 28.3 Å². The van der Waals surface area contributed by atoms with E-state index in [2.05, 4.69) is 4.98 Å². The number of aromatic nitrogens is 3. The lowest BCUT2D eigenvalue weighted by Gasteiger charge is -2.21. The van der Waals surface area contributed by atoms with Gasteiger partial charge in [0.1, 0.15) is 6.10 Å². The minimum absolute atomic E-state index is 0.0332. The number of imidazole rings is 1. The third-order valence-electron chi connectivity index (χ3n) is 7.68. The number of amides is 1. The molecule has 3 fully saturated rings. The number of halogens is 2. The second kappa shape index (κ2) is 6.40. The van der Waals surface area contributed by atoms with Crippen LogP contribution in [0.25, 0.3) is 11.2 Å². The number of rotatable bonds is 3. The lowest BCUT2D eigenvalue weighted by atomic mass is 9.91. The van der Waals surface area contributed by atoms with Gasteiger partial charge in [-0.1, -0.05) is 20.8 Å². The molecule has 1 N–H and O–H groups in total. The van der Waals surface area contributed by atoms with Crippen molar-refractivity contribution in [3.63, 3.8) is 0 Å². The average Bonchev–Trinajstić information content (AvgIpc) is 3.07. The lowest BCUT2D eigenvalue weighted by molar-refractivity contribution is -0.138. The quantitative estimate of drug-likeness (QED) is 0.780. The molecule has 1 amide bonds. The largest absolute Gasteiger partial charge is 0.384 e. The standard InChI is InChI=1S/C23H30F2N4O3/c1-12(30)19(31)28-9-13-8-22(17(14(13)10-28)23(22,24)25)16-7-6-15-18(26-16)27(5)20(32)29(15)11-21(2,3)4/h6-7,12-14,17,30H,8-11H2,1-5H3. The molecular formula is C23H30F2N4O3. The fraction of sp³-hybridized carbons (Fsp3) is 0.696. The molecule has 5 unspecified atom stereocenters. The van der Waals surface area contributed by atoms with Crippen molar-refractivity contribution in [2.24, 2.45) is 30.2 Å². The lowest BCUT2D eigenvalue weighted by Crippen LogP contribution is -2.37. The maximum atomic E-state index is 15.2. The summed E-state index contributed by atoms with van der Waals surface area (Å²) in [5, 5.41) is 9.59. The first-order valence-electron chi connectivity index (χ1n) is 11.2. The van der Waals surface area contributed by atoms with Crippen LogP contribution < -0.4 is 5.69 Å². The Hall–Kier alpha value is -2.29. The van der Waals surface area contributed by atoms with Crippen molar-refractivity contribution in [3.8, 4) is 0 Å². The molecule has 3 aliphatic rings. The van der Waals surface area contributed by atoms with Gasteiger partial charge in [0, 0.05) is 32.6 Å². The highest BCUT2D eigenvalue weighted by atomic mass is 19.3. The van der Waals surface area contributed by atoms with Crippen molar-refractivity contribution < 1.29 is 18.7 Å². The van der Waals surface area contributed by atoms with Gasteiger partial charge in [0.15, 0.2) is 5.65 Å². The summed E-state index contributed by atoms with van der Waals surface area (Å²) in [7, 11) is 1.63. The maximum Gasteiger partial charge on any atom is 0.330 e. The Bertz CT molecular complexity index is 1180. The van der Waals surface area contributed by atoms with Gasteiger partial charge >= 0.3 is 5.69 Å². The van der Waals surface area contributed by atoms with Crippen LogP contribution in [0.2, 0.25) is 0 Å². The summed E-state index contributed by atoms with van der Waals surface area (Å²) in [6.45, 7) is 8.67. The predicted molar refractivity (Wildman–Crippen MR) is 114 cm³/mol. The zero-order chi connectivity index (χ0) is 23.4. The van der Waals surface area contributed by atoms with Crippen LogP contribution in [0.3, 0.4) is 0 Å². The van der Waals surface area contributed by atoms with E-state index in [1.165, 1.54) is 16.4 Å². The molecule has 32 heavy (non-hydrogen) atoms. The third-order valence-corrected chi connectivity index (χ3v) is 7.68. The van der Waals surface area contributed by atoms with E-state index in [0.29, 0.717) is 29.9 Å². The maximum absolute atomic E-state index is 15.2. The van der Waals surface area contributed by atoms with Crippen molar-refractivity contribution >= 4 is 17.1 Å². The van der Waals surface area contributed by atoms with Gasteiger partial charge in [-0.05, 0) is 42.7 Å². The number of hydrogen-bond donors (Lipinski definition) is 1. The summed E-state index contributed by atoms with van der Waals surface area (Å²) in [4.78, 5) is 31.1. The van der Waals surface area contributed by atoms with E-state index in [1.807, 2.05) is 20.8 Å². The number of aliphatic hydroxyl groups excluding tert-OH is 1. The highest BCUT2D eigenvalue weighted by Gasteiger charge is 2.88. The van der Waals surface area contributed by atoms with Crippen LogP contribution in [-0.2, 0) is 23.8 Å².